The largest absolute Gasteiger partial charge is 0.354 e. The molecular formula is C11H22N2OS. The van der Waals surface area contributed by atoms with Crippen molar-refractivity contribution in [2.45, 2.75) is 51.1 Å². The summed E-state index contributed by atoms with van der Waals surface area (Å²) in [5.41, 5.74) is -0.0772. The molecule has 0 aromatic carbocycles. The van der Waals surface area contributed by atoms with Crippen molar-refractivity contribution in [2.24, 2.45) is 0 Å². The summed E-state index contributed by atoms with van der Waals surface area (Å²) in [7, 11) is 0. The van der Waals surface area contributed by atoms with Crippen molar-refractivity contribution in [1.82, 2.24) is 10.6 Å². The van der Waals surface area contributed by atoms with Gasteiger partial charge in [-0.3, -0.25) is 4.79 Å². The van der Waals surface area contributed by atoms with Crippen LogP contribution in [0.15, 0.2) is 0 Å². The Labute approximate surface area is 97.8 Å². The highest BCUT2D eigenvalue weighted by Crippen LogP contribution is 2.14. The third-order valence-corrected chi connectivity index (χ3v) is 3.02. The molecule has 0 aromatic heterocycles. The molecule has 3 nitrogen and oxygen atoms in total. The minimum absolute atomic E-state index is 0.0772. The summed E-state index contributed by atoms with van der Waals surface area (Å²) >= 11 is 4.20. The topological polar surface area (TPSA) is 41.1 Å². The van der Waals surface area contributed by atoms with Crippen molar-refractivity contribution in [1.29, 1.82) is 0 Å². The van der Waals surface area contributed by atoms with E-state index in [1.807, 2.05) is 0 Å². The van der Waals surface area contributed by atoms with Gasteiger partial charge in [-0.15, -0.1) is 0 Å². The number of carbonyl (C=O) groups is 1. The standard InChI is InChI=1S/C11H22N2OS/c1-11(2)7-10(14)12-8-9(13-11)5-3-4-6-15/h9,13,15H,3-8H2,1-2H3,(H,12,14). The van der Waals surface area contributed by atoms with Crippen LogP contribution < -0.4 is 10.6 Å². The van der Waals surface area contributed by atoms with Crippen LogP contribution in [0.1, 0.15) is 39.5 Å². The van der Waals surface area contributed by atoms with E-state index >= 15 is 0 Å². The van der Waals surface area contributed by atoms with Gasteiger partial charge in [0.05, 0.1) is 0 Å². The fourth-order valence-electron chi connectivity index (χ4n) is 2.03. The summed E-state index contributed by atoms with van der Waals surface area (Å²) in [4.78, 5) is 11.4. The number of hydrogen-bond acceptors (Lipinski definition) is 3. The van der Waals surface area contributed by atoms with Crippen LogP contribution in [0.25, 0.3) is 0 Å². The second kappa shape index (κ2) is 5.75. The second-order valence-electron chi connectivity index (χ2n) is 4.93. The molecule has 0 aromatic rings. The Kier molecular flexibility index (Phi) is 4.93. The number of nitrogens with one attached hydrogen (secondary N) is 2. The predicted octanol–water partition coefficient (Wildman–Crippen LogP) is 1.34. The van der Waals surface area contributed by atoms with Crippen molar-refractivity contribution in [3.63, 3.8) is 0 Å². The van der Waals surface area contributed by atoms with Gasteiger partial charge >= 0.3 is 0 Å². The molecule has 2 N–H and O–H groups in total. The molecule has 0 aliphatic carbocycles. The van der Waals surface area contributed by atoms with E-state index in [2.05, 4.69) is 37.1 Å². The van der Waals surface area contributed by atoms with Gasteiger partial charge in [0.25, 0.3) is 0 Å². The second-order valence-corrected chi connectivity index (χ2v) is 5.37. The van der Waals surface area contributed by atoms with Crippen molar-refractivity contribution in [3.05, 3.63) is 0 Å². The van der Waals surface area contributed by atoms with Gasteiger partial charge < -0.3 is 10.6 Å². The van der Waals surface area contributed by atoms with Gasteiger partial charge in [-0.1, -0.05) is 6.42 Å². The van der Waals surface area contributed by atoms with E-state index in [9.17, 15) is 4.79 Å². The van der Waals surface area contributed by atoms with E-state index in [0.717, 1.165) is 25.1 Å². The summed E-state index contributed by atoms with van der Waals surface area (Å²) in [6, 6.07) is 0.409. The summed E-state index contributed by atoms with van der Waals surface area (Å²) in [5.74, 6) is 1.10. The van der Waals surface area contributed by atoms with Gasteiger partial charge in [0.15, 0.2) is 0 Å². The summed E-state index contributed by atoms with van der Waals surface area (Å²) in [6.07, 6.45) is 4.00. The van der Waals surface area contributed by atoms with Gasteiger partial charge in [-0.2, -0.15) is 12.6 Å². The van der Waals surface area contributed by atoms with Gasteiger partial charge in [-0.25, -0.2) is 0 Å². The first-order valence-electron chi connectivity index (χ1n) is 5.69. The number of rotatable bonds is 4. The van der Waals surface area contributed by atoms with E-state index in [1.54, 1.807) is 0 Å². The molecule has 15 heavy (non-hydrogen) atoms. The maximum Gasteiger partial charge on any atom is 0.221 e. The SMILES string of the molecule is CC1(C)CC(=O)NCC(CCCCS)N1. The lowest BCUT2D eigenvalue weighted by Crippen LogP contribution is -2.46. The van der Waals surface area contributed by atoms with Crippen molar-refractivity contribution in [3.8, 4) is 0 Å². The molecule has 88 valence electrons. The monoisotopic (exact) mass is 230 g/mol. The fourth-order valence-corrected chi connectivity index (χ4v) is 2.26. The number of unbranched alkanes of at least 4 members (excludes halogenated alkanes) is 1. The smallest absolute Gasteiger partial charge is 0.221 e. The van der Waals surface area contributed by atoms with Crippen LogP contribution in [0.3, 0.4) is 0 Å². The third-order valence-electron chi connectivity index (χ3n) is 2.70. The minimum atomic E-state index is -0.0772. The number of thiol groups is 1. The first kappa shape index (κ1) is 12.8. The van der Waals surface area contributed by atoms with Gasteiger partial charge in [0, 0.05) is 24.5 Å². The maximum atomic E-state index is 11.4. The Morgan fingerprint density at radius 2 is 2.20 bits per heavy atom. The van der Waals surface area contributed by atoms with Crippen LogP contribution in [-0.2, 0) is 4.79 Å². The molecule has 1 aliphatic heterocycles. The van der Waals surface area contributed by atoms with Crippen LogP contribution in [0, 0.1) is 0 Å². The van der Waals surface area contributed by atoms with Gasteiger partial charge in [0.1, 0.15) is 0 Å². The molecule has 1 heterocycles. The highest BCUT2D eigenvalue weighted by Gasteiger charge is 2.28. The quantitative estimate of drug-likeness (QED) is 0.504. The van der Waals surface area contributed by atoms with E-state index in [1.165, 1.54) is 6.42 Å². The van der Waals surface area contributed by atoms with Crippen molar-refractivity contribution in [2.75, 3.05) is 12.3 Å². The Hall–Kier alpha value is -0.220. The van der Waals surface area contributed by atoms with Crippen LogP contribution in [0.5, 0.6) is 0 Å². The van der Waals surface area contributed by atoms with E-state index in [4.69, 9.17) is 0 Å². The molecular weight excluding hydrogens is 208 g/mol. The fraction of sp³-hybridized carbons (Fsp3) is 0.909. The zero-order valence-corrected chi connectivity index (χ0v) is 10.6. The molecule has 1 atom stereocenters. The molecule has 0 bridgehead atoms. The molecule has 0 saturated carbocycles. The summed E-state index contributed by atoms with van der Waals surface area (Å²) in [6.45, 7) is 4.93. The highest BCUT2D eigenvalue weighted by atomic mass is 32.1. The van der Waals surface area contributed by atoms with Crippen molar-refractivity contribution >= 4 is 18.5 Å². The molecule has 1 aliphatic rings. The molecule has 0 spiro atoms. The molecule has 1 saturated heterocycles. The average Bonchev–Trinajstić information content (AvgIpc) is 2.24. The first-order valence-corrected chi connectivity index (χ1v) is 6.32. The van der Waals surface area contributed by atoms with Gasteiger partial charge in [-0.05, 0) is 32.4 Å². The molecule has 1 fully saturated rings. The molecule has 1 rings (SSSR count). The number of amides is 1. The number of carbonyl (C=O) groups excluding carboxylic acids is 1. The predicted molar refractivity (Wildman–Crippen MR) is 66.3 cm³/mol. The van der Waals surface area contributed by atoms with Crippen LogP contribution in [0.4, 0.5) is 0 Å². The normalized spacial score (nSPS) is 25.8. The van der Waals surface area contributed by atoms with E-state index < -0.39 is 0 Å². The lowest BCUT2D eigenvalue weighted by Gasteiger charge is -2.27. The van der Waals surface area contributed by atoms with E-state index in [0.29, 0.717) is 12.5 Å². The molecule has 0 radical (unpaired) electrons. The Balaban J connectivity index is 2.41. The molecule has 4 heteroatoms. The lowest BCUT2D eigenvalue weighted by molar-refractivity contribution is -0.121. The number of hydrogen-bond donors (Lipinski definition) is 3. The maximum absolute atomic E-state index is 11.4. The zero-order chi connectivity index (χ0) is 11.3. The van der Waals surface area contributed by atoms with E-state index in [-0.39, 0.29) is 11.4 Å². The first-order chi connectivity index (χ1) is 7.03. The Morgan fingerprint density at radius 3 is 2.87 bits per heavy atom. The minimum Gasteiger partial charge on any atom is -0.354 e. The zero-order valence-electron chi connectivity index (χ0n) is 9.68. The van der Waals surface area contributed by atoms with Crippen molar-refractivity contribution < 1.29 is 4.79 Å². The van der Waals surface area contributed by atoms with Crippen LogP contribution in [0.2, 0.25) is 0 Å². The Bertz CT molecular complexity index is 219. The van der Waals surface area contributed by atoms with Gasteiger partial charge in [0.2, 0.25) is 5.91 Å². The summed E-state index contributed by atoms with van der Waals surface area (Å²) < 4.78 is 0. The third kappa shape index (κ3) is 4.89. The van der Waals surface area contributed by atoms with Crippen LogP contribution >= 0.6 is 12.6 Å². The lowest BCUT2D eigenvalue weighted by atomic mass is 9.99. The summed E-state index contributed by atoms with van der Waals surface area (Å²) in [5, 5.41) is 6.49. The molecule has 1 amide bonds. The van der Waals surface area contributed by atoms with Crippen LogP contribution in [-0.4, -0.2) is 29.8 Å². The Morgan fingerprint density at radius 1 is 1.47 bits per heavy atom. The average molecular weight is 230 g/mol. The molecule has 1 unspecified atom stereocenters. The highest BCUT2D eigenvalue weighted by molar-refractivity contribution is 7.80.